The van der Waals surface area contributed by atoms with Crippen molar-refractivity contribution in [3.8, 4) is 5.75 Å². The zero-order valence-electron chi connectivity index (χ0n) is 15.5. The van der Waals surface area contributed by atoms with Crippen LogP contribution in [0.5, 0.6) is 5.75 Å². The van der Waals surface area contributed by atoms with Gasteiger partial charge in [0, 0.05) is 11.0 Å². The number of H-pyrrole nitrogens is 1. The Morgan fingerprint density at radius 3 is 2.85 bits per heavy atom. The van der Waals surface area contributed by atoms with E-state index >= 15 is 0 Å². The van der Waals surface area contributed by atoms with Gasteiger partial charge in [0.2, 0.25) is 0 Å². The van der Waals surface area contributed by atoms with Gasteiger partial charge in [-0.2, -0.15) is 0 Å². The summed E-state index contributed by atoms with van der Waals surface area (Å²) < 4.78 is 10.5. The largest absolute Gasteiger partial charge is 0.497 e. The Hall–Kier alpha value is -2.93. The molecule has 0 aliphatic heterocycles. The van der Waals surface area contributed by atoms with E-state index in [1.807, 2.05) is 38.1 Å². The topological polar surface area (TPSA) is 81.3 Å². The number of thiophene rings is 1. The van der Waals surface area contributed by atoms with E-state index in [1.165, 1.54) is 17.4 Å². The fourth-order valence-corrected chi connectivity index (χ4v) is 3.68. The number of ether oxygens (including phenoxy) is 2. The summed E-state index contributed by atoms with van der Waals surface area (Å²) in [6, 6.07) is 7.32. The Bertz CT molecular complexity index is 1080. The van der Waals surface area contributed by atoms with Crippen LogP contribution in [0.25, 0.3) is 16.3 Å². The van der Waals surface area contributed by atoms with E-state index < -0.39 is 12.1 Å². The number of nitrogens with one attached hydrogen (secondary N) is 1. The molecule has 0 amide bonds. The SMILES string of the molecule is COc1cccc(/C=C/C(=O)O[C@@H](C)c2nc3sc(C)c(C)c3c(=O)[nH]2)c1. The highest BCUT2D eigenvalue weighted by Gasteiger charge is 2.17. The number of benzene rings is 1. The van der Waals surface area contributed by atoms with Crippen LogP contribution in [0.4, 0.5) is 0 Å². The van der Waals surface area contributed by atoms with Crippen molar-refractivity contribution in [2.45, 2.75) is 26.9 Å². The summed E-state index contributed by atoms with van der Waals surface area (Å²) in [5.74, 6) is 0.513. The van der Waals surface area contributed by atoms with Gasteiger partial charge in [-0.3, -0.25) is 4.79 Å². The van der Waals surface area contributed by atoms with Gasteiger partial charge < -0.3 is 14.5 Å². The van der Waals surface area contributed by atoms with E-state index in [9.17, 15) is 9.59 Å². The highest BCUT2D eigenvalue weighted by molar-refractivity contribution is 7.18. The van der Waals surface area contributed by atoms with Crippen LogP contribution >= 0.6 is 11.3 Å². The quantitative estimate of drug-likeness (QED) is 0.532. The third kappa shape index (κ3) is 4.09. The van der Waals surface area contributed by atoms with Crippen LogP contribution in [-0.2, 0) is 9.53 Å². The minimum Gasteiger partial charge on any atom is -0.497 e. The molecule has 0 radical (unpaired) electrons. The third-order valence-electron chi connectivity index (χ3n) is 4.24. The van der Waals surface area contributed by atoms with Gasteiger partial charge in [0.05, 0.1) is 12.5 Å². The van der Waals surface area contributed by atoms with Crippen LogP contribution in [0, 0.1) is 13.8 Å². The van der Waals surface area contributed by atoms with E-state index in [0.717, 1.165) is 16.0 Å². The Morgan fingerprint density at radius 1 is 1.33 bits per heavy atom. The first-order valence-electron chi connectivity index (χ1n) is 8.41. The van der Waals surface area contributed by atoms with Crippen LogP contribution in [-0.4, -0.2) is 23.0 Å². The van der Waals surface area contributed by atoms with Crippen LogP contribution in [0.3, 0.4) is 0 Å². The van der Waals surface area contributed by atoms with Crippen molar-refractivity contribution in [1.29, 1.82) is 0 Å². The summed E-state index contributed by atoms with van der Waals surface area (Å²) in [6.45, 7) is 5.53. The number of rotatable bonds is 5. The molecule has 0 saturated heterocycles. The Labute approximate surface area is 160 Å². The summed E-state index contributed by atoms with van der Waals surface area (Å²) in [7, 11) is 1.58. The molecular weight excluding hydrogens is 364 g/mol. The number of hydrogen-bond donors (Lipinski definition) is 1. The molecule has 7 heteroatoms. The number of hydrogen-bond acceptors (Lipinski definition) is 6. The highest BCUT2D eigenvalue weighted by Crippen LogP contribution is 2.27. The van der Waals surface area contributed by atoms with Gasteiger partial charge in [0.1, 0.15) is 10.6 Å². The van der Waals surface area contributed by atoms with Crippen molar-refractivity contribution < 1.29 is 14.3 Å². The fraction of sp³-hybridized carbons (Fsp3) is 0.250. The Kier molecular flexibility index (Phi) is 5.41. The zero-order chi connectivity index (χ0) is 19.6. The van der Waals surface area contributed by atoms with Crippen molar-refractivity contribution in [3.05, 3.63) is 62.5 Å². The summed E-state index contributed by atoms with van der Waals surface area (Å²) >= 11 is 1.46. The molecule has 3 aromatic rings. The molecule has 0 bridgehead atoms. The number of carbonyl (C=O) groups excluding carboxylic acids is 1. The lowest BCUT2D eigenvalue weighted by molar-refractivity contribution is -0.142. The van der Waals surface area contributed by atoms with E-state index in [-0.39, 0.29) is 5.56 Å². The van der Waals surface area contributed by atoms with Crippen LogP contribution < -0.4 is 10.3 Å². The van der Waals surface area contributed by atoms with E-state index in [0.29, 0.717) is 21.8 Å². The Morgan fingerprint density at radius 2 is 2.11 bits per heavy atom. The molecule has 2 aromatic heterocycles. The van der Waals surface area contributed by atoms with Gasteiger partial charge in [-0.15, -0.1) is 11.3 Å². The van der Waals surface area contributed by atoms with Gasteiger partial charge in [-0.05, 0) is 50.1 Å². The predicted molar refractivity (Wildman–Crippen MR) is 106 cm³/mol. The molecule has 0 aliphatic carbocycles. The zero-order valence-corrected chi connectivity index (χ0v) is 16.3. The fourth-order valence-electron chi connectivity index (χ4n) is 2.64. The molecule has 0 fully saturated rings. The number of esters is 1. The predicted octanol–water partition coefficient (Wildman–Crippen LogP) is 3.93. The van der Waals surface area contributed by atoms with Gasteiger partial charge in [0.25, 0.3) is 5.56 Å². The first-order chi connectivity index (χ1) is 12.9. The maximum absolute atomic E-state index is 12.3. The van der Waals surface area contributed by atoms with Gasteiger partial charge in [-0.1, -0.05) is 12.1 Å². The molecule has 0 spiro atoms. The molecular formula is C20H20N2O4S. The van der Waals surface area contributed by atoms with Crippen LogP contribution in [0.2, 0.25) is 0 Å². The van der Waals surface area contributed by atoms with Crippen molar-refractivity contribution in [3.63, 3.8) is 0 Å². The second-order valence-electron chi connectivity index (χ2n) is 6.10. The summed E-state index contributed by atoms with van der Waals surface area (Å²) in [5.41, 5.74) is 1.53. The second-order valence-corrected chi connectivity index (χ2v) is 7.31. The summed E-state index contributed by atoms with van der Waals surface area (Å²) in [5, 5.41) is 0.595. The van der Waals surface area contributed by atoms with E-state index in [2.05, 4.69) is 9.97 Å². The highest BCUT2D eigenvalue weighted by atomic mass is 32.1. The molecule has 1 atom stereocenters. The van der Waals surface area contributed by atoms with Crippen molar-refractivity contribution >= 4 is 33.6 Å². The normalized spacial score (nSPS) is 12.4. The monoisotopic (exact) mass is 384 g/mol. The number of carbonyl (C=O) groups is 1. The molecule has 2 heterocycles. The molecule has 6 nitrogen and oxygen atoms in total. The number of fused-ring (bicyclic) bond motifs is 1. The van der Waals surface area contributed by atoms with Gasteiger partial charge in [0.15, 0.2) is 11.9 Å². The number of aromatic nitrogens is 2. The molecule has 0 unspecified atom stereocenters. The molecule has 140 valence electrons. The first kappa shape index (κ1) is 18.8. The molecule has 1 aromatic carbocycles. The minimum atomic E-state index is -0.674. The molecule has 0 aliphatic rings. The number of aryl methyl sites for hydroxylation is 2. The van der Waals surface area contributed by atoms with Crippen LogP contribution in [0.15, 0.2) is 35.1 Å². The van der Waals surface area contributed by atoms with Crippen molar-refractivity contribution in [1.82, 2.24) is 9.97 Å². The molecule has 1 N–H and O–H groups in total. The number of aromatic amines is 1. The standard InChI is InChI=1S/C20H20N2O4S/c1-11-13(3)27-20-17(11)19(24)21-18(22-20)12(2)26-16(23)9-8-14-6-5-7-15(10-14)25-4/h5-10,12H,1-4H3,(H,21,22,24)/b9-8+/t12-/m0/s1. The number of methoxy groups -OCH3 is 1. The summed E-state index contributed by atoms with van der Waals surface area (Å²) in [6.07, 6.45) is 2.30. The van der Waals surface area contributed by atoms with E-state index in [1.54, 1.807) is 20.1 Å². The van der Waals surface area contributed by atoms with E-state index in [4.69, 9.17) is 9.47 Å². The van der Waals surface area contributed by atoms with Gasteiger partial charge in [-0.25, -0.2) is 9.78 Å². The van der Waals surface area contributed by atoms with Crippen molar-refractivity contribution in [2.24, 2.45) is 0 Å². The Balaban J connectivity index is 1.75. The lowest BCUT2D eigenvalue weighted by atomic mass is 10.2. The molecule has 27 heavy (non-hydrogen) atoms. The maximum Gasteiger partial charge on any atom is 0.331 e. The van der Waals surface area contributed by atoms with Crippen LogP contribution in [0.1, 0.15) is 34.9 Å². The average Bonchev–Trinajstić information content (AvgIpc) is 2.94. The number of nitrogens with zero attached hydrogens (tertiary/aromatic N) is 1. The minimum absolute atomic E-state index is 0.216. The summed E-state index contributed by atoms with van der Waals surface area (Å²) in [4.78, 5) is 33.3. The van der Waals surface area contributed by atoms with Crippen molar-refractivity contribution in [2.75, 3.05) is 7.11 Å². The third-order valence-corrected chi connectivity index (χ3v) is 5.34. The lowest BCUT2D eigenvalue weighted by Crippen LogP contribution is -2.16. The molecule has 3 rings (SSSR count). The average molecular weight is 384 g/mol. The van der Waals surface area contributed by atoms with Gasteiger partial charge >= 0.3 is 5.97 Å². The maximum atomic E-state index is 12.3. The smallest absolute Gasteiger partial charge is 0.331 e. The molecule has 0 saturated carbocycles. The first-order valence-corrected chi connectivity index (χ1v) is 9.23. The second kappa shape index (κ2) is 7.75. The lowest BCUT2D eigenvalue weighted by Gasteiger charge is -2.11.